The second-order valence-electron chi connectivity index (χ2n) is 5.01. The van der Waals surface area contributed by atoms with Crippen LogP contribution in [0.25, 0.3) is 0 Å². The van der Waals surface area contributed by atoms with Gasteiger partial charge in [0.1, 0.15) is 0 Å². The van der Waals surface area contributed by atoms with Crippen molar-refractivity contribution in [1.29, 1.82) is 0 Å². The van der Waals surface area contributed by atoms with E-state index < -0.39 is 0 Å². The first kappa shape index (κ1) is 13.8. The van der Waals surface area contributed by atoms with Gasteiger partial charge in [0, 0.05) is 36.7 Å². The van der Waals surface area contributed by atoms with Crippen molar-refractivity contribution < 1.29 is 0 Å². The Hall–Kier alpha value is -0.580. The van der Waals surface area contributed by atoms with Crippen LogP contribution in [0, 0.1) is 0 Å². The average molecular weight is 312 g/mol. The largest absolute Gasteiger partial charge is 0.368 e. The zero-order valence-electron chi connectivity index (χ0n) is 11.4. The highest BCUT2D eigenvalue weighted by Gasteiger charge is 2.17. The van der Waals surface area contributed by atoms with Crippen LogP contribution in [0.4, 0.5) is 5.69 Å². The highest BCUT2D eigenvalue weighted by atomic mass is 79.9. The van der Waals surface area contributed by atoms with E-state index in [1.54, 1.807) is 0 Å². The van der Waals surface area contributed by atoms with Crippen molar-refractivity contribution in [3.63, 3.8) is 0 Å². The normalized spacial score (nSPS) is 19.0. The molecule has 1 aromatic carbocycles. The highest BCUT2D eigenvalue weighted by Crippen LogP contribution is 2.29. The summed E-state index contributed by atoms with van der Waals surface area (Å²) in [7, 11) is 4.18. The molecule has 1 fully saturated rings. The quantitative estimate of drug-likeness (QED) is 0.925. The number of halogens is 1. The van der Waals surface area contributed by atoms with Gasteiger partial charge in [-0.3, -0.25) is 0 Å². The monoisotopic (exact) mass is 311 g/mol. The molecule has 0 radical (unpaired) electrons. The van der Waals surface area contributed by atoms with Gasteiger partial charge in [-0.05, 0) is 54.6 Å². The lowest BCUT2D eigenvalue weighted by Crippen LogP contribution is -2.44. The van der Waals surface area contributed by atoms with Crippen LogP contribution >= 0.6 is 15.9 Å². The molecule has 18 heavy (non-hydrogen) atoms. The predicted octanol–water partition coefficient (Wildman–Crippen LogP) is 2.48. The van der Waals surface area contributed by atoms with Gasteiger partial charge in [-0.15, -0.1) is 0 Å². The van der Waals surface area contributed by atoms with Crippen LogP contribution in [-0.2, 0) is 0 Å². The van der Waals surface area contributed by atoms with Gasteiger partial charge in [0.2, 0.25) is 0 Å². The van der Waals surface area contributed by atoms with Gasteiger partial charge in [0.25, 0.3) is 0 Å². The third kappa shape index (κ3) is 3.05. The summed E-state index contributed by atoms with van der Waals surface area (Å²) in [6.07, 6.45) is 0. The Bertz CT molecular complexity index is 400. The number of rotatable bonds is 3. The lowest BCUT2D eigenvalue weighted by atomic mass is 10.1. The van der Waals surface area contributed by atoms with Crippen molar-refractivity contribution in [2.24, 2.45) is 0 Å². The third-order valence-corrected chi connectivity index (χ3v) is 4.38. The van der Waals surface area contributed by atoms with E-state index in [-0.39, 0.29) is 0 Å². The fraction of sp³-hybridized carbons (Fsp3) is 0.571. The Labute approximate surface area is 118 Å². The van der Waals surface area contributed by atoms with Crippen molar-refractivity contribution in [2.75, 3.05) is 45.2 Å². The maximum absolute atomic E-state index is 3.71. The van der Waals surface area contributed by atoms with E-state index in [9.17, 15) is 0 Å². The molecular formula is C14H22BrN3. The van der Waals surface area contributed by atoms with Crippen molar-refractivity contribution in [3.05, 3.63) is 28.2 Å². The van der Waals surface area contributed by atoms with Crippen LogP contribution in [0.2, 0.25) is 0 Å². The van der Waals surface area contributed by atoms with Gasteiger partial charge in [0.15, 0.2) is 0 Å². The van der Waals surface area contributed by atoms with E-state index in [1.807, 2.05) is 7.05 Å². The first-order valence-electron chi connectivity index (χ1n) is 6.52. The minimum atomic E-state index is 0.392. The number of anilines is 1. The molecule has 2 rings (SSSR count). The van der Waals surface area contributed by atoms with Crippen molar-refractivity contribution in [3.8, 4) is 0 Å². The molecule has 1 saturated heterocycles. The van der Waals surface area contributed by atoms with E-state index in [4.69, 9.17) is 0 Å². The SMILES string of the molecule is CNC(C)c1ccc(N2CCN(C)CC2)c(Br)c1. The molecule has 0 bridgehead atoms. The number of hydrogen-bond acceptors (Lipinski definition) is 3. The molecule has 0 saturated carbocycles. The fourth-order valence-corrected chi connectivity index (χ4v) is 2.91. The summed E-state index contributed by atoms with van der Waals surface area (Å²) < 4.78 is 1.20. The van der Waals surface area contributed by atoms with Crippen LogP contribution in [-0.4, -0.2) is 45.2 Å². The van der Waals surface area contributed by atoms with Crippen molar-refractivity contribution >= 4 is 21.6 Å². The zero-order valence-corrected chi connectivity index (χ0v) is 13.0. The molecule has 1 aliphatic heterocycles. The maximum atomic E-state index is 3.71. The summed E-state index contributed by atoms with van der Waals surface area (Å²) >= 11 is 3.71. The summed E-state index contributed by atoms with van der Waals surface area (Å²) in [5.74, 6) is 0. The smallest absolute Gasteiger partial charge is 0.0511 e. The van der Waals surface area contributed by atoms with Gasteiger partial charge in [0.05, 0.1) is 5.69 Å². The van der Waals surface area contributed by atoms with Gasteiger partial charge in [-0.25, -0.2) is 0 Å². The van der Waals surface area contributed by atoms with Crippen LogP contribution in [0.15, 0.2) is 22.7 Å². The van der Waals surface area contributed by atoms with Crippen molar-refractivity contribution in [1.82, 2.24) is 10.2 Å². The molecule has 1 N–H and O–H groups in total. The molecule has 3 nitrogen and oxygen atoms in total. The Morgan fingerprint density at radius 1 is 1.22 bits per heavy atom. The summed E-state index contributed by atoms with van der Waals surface area (Å²) in [4.78, 5) is 4.83. The van der Waals surface area contributed by atoms with Crippen LogP contribution in [0.5, 0.6) is 0 Å². The van der Waals surface area contributed by atoms with E-state index in [0.717, 1.165) is 26.2 Å². The first-order valence-corrected chi connectivity index (χ1v) is 7.31. The molecule has 1 aliphatic rings. The highest BCUT2D eigenvalue weighted by molar-refractivity contribution is 9.10. The van der Waals surface area contributed by atoms with Gasteiger partial charge in [-0.2, -0.15) is 0 Å². The Kier molecular flexibility index (Phi) is 4.65. The predicted molar refractivity (Wildman–Crippen MR) is 81.3 cm³/mol. The second kappa shape index (κ2) is 6.04. The summed E-state index contributed by atoms with van der Waals surface area (Å²) in [5.41, 5.74) is 2.64. The first-order chi connectivity index (χ1) is 8.61. The molecule has 0 aromatic heterocycles. The zero-order chi connectivity index (χ0) is 13.1. The Morgan fingerprint density at radius 3 is 2.44 bits per heavy atom. The Balaban J connectivity index is 2.14. The minimum absolute atomic E-state index is 0.392. The third-order valence-electron chi connectivity index (χ3n) is 3.75. The van der Waals surface area contributed by atoms with E-state index in [1.165, 1.54) is 15.7 Å². The van der Waals surface area contributed by atoms with Crippen LogP contribution in [0.3, 0.4) is 0 Å². The van der Waals surface area contributed by atoms with Gasteiger partial charge in [-0.1, -0.05) is 6.07 Å². The Morgan fingerprint density at radius 2 is 1.89 bits per heavy atom. The molecule has 0 spiro atoms. The average Bonchev–Trinajstić information content (AvgIpc) is 2.39. The van der Waals surface area contributed by atoms with E-state index in [2.05, 4.69) is 63.2 Å². The molecule has 1 aromatic rings. The number of likely N-dealkylation sites (N-methyl/N-ethyl adjacent to an activating group) is 1. The summed E-state index contributed by atoms with van der Waals surface area (Å²) in [6.45, 7) is 6.67. The number of nitrogens with one attached hydrogen (secondary N) is 1. The molecule has 1 atom stereocenters. The molecule has 0 amide bonds. The van der Waals surface area contributed by atoms with Gasteiger partial charge < -0.3 is 15.1 Å². The summed E-state index contributed by atoms with van der Waals surface area (Å²) in [5, 5.41) is 3.27. The lowest BCUT2D eigenvalue weighted by molar-refractivity contribution is 0.312. The molecule has 4 heteroatoms. The van der Waals surface area contributed by atoms with E-state index >= 15 is 0 Å². The number of piperazine rings is 1. The maximum Gasteiger partial charge on any atom is 0.0511 e. The minimum Gasteiger partial charge on any atom is -0.368 e. The van der Waals surface area contributed by atoms with Crippen molar-refractivity contribution in [2.45, 2.75) is 13.0 Å². The molecule has 1 heterocycles. The molecule has 100 valence electrons. The number of nitrogens with zero attached hydrogens (tertiary/aromatic N) is 2. The molecule has 0 aliphatic carbocycles. The van der Waals surface area contributed by atoms with Crippen LogP contribution < -0.4 is 10.2 Å². The second-order valence-corrected chi connectivity index (χ2v) is 5.87. The lowest BCUT2D eigenvalue weighted by Gasteiger charge is -2.34. The molecular weight excluding hydrogens is 290 g/mol. The topological polar surface area (TPSA) is 18.5 Å². The fourth-order valence-electron chi connectivity index (χ4n) is 2.26. The number of hydrogen-bond donors (Lipinski definition) is 1. The molecule has 1 unspecified atom stereocenters. The summed E-state index contributed by atoms with van der Waals surface area (Å²) in [6, 6.07) is 7.08. The standard InChI is InChI=1S/C14H22BrN3/c1-11(16-2)12-4-5-14(13(15)10-12)18-8-6-17(3)7-9-18/h4-5,10-11,16H,6-9H2,1-3H3. The van der Waals surface area contributed by atoms with E-state index in [0.29, 0.717) is 6.04 Å². The van der Waals surface area contributed by atoms with Crippen LogP contribution in [0.1, 0.15) is 18.5 Å². The van der Waals surface area contributed by atoms with Gasteiger partial charge >= 0.3 is 0 Å². The number of benzene rings is 1.